The average Bonchev–Trinajstić information content (AvgIpc) is 3.24. The van der Waals surface area contributed by atoms with Crippen LogP contribution in [-0.2, 0) is 6.54 Å². The van der Waals surface area contributed by atoms with Crippen molar-refractivity contribution in [2.75, 3.05) is 13.1 Å². The molecule has 1 N–H and O–H groups in total. The van der Waals surface area contributed by atoms with E-state index in [1.54, 1.807) is 12.3 Å². The zero-order valence-corrected chi connectivity index (χ0v) is 16.1. The molecular weight excluding hydrogens is 354 g/mol. The number of nitrogens with one attached hydrogen (secondary N) is 1. The van der Waals surface area contributed by atoms with Gasteiger partial charge in [-0.3, -0.25) is 4.79 Å². The highest BCUT2D eigenvalue weighted by atomic mass is 16.3. The SMILES string of the molecule is O=C(NC1CCCCC1)N1C[C@@H]2C[C@H](C1)c1c(-c3ccco3)ccc(=O)n1C2. The van der Waals surface area contributed by atoms with E-state index in [1.165, 1.54) is 19.3 Å². The normalized spacial score (nSPS) is 24.6. The molecule has 1 saturated carbocycles. The fourth-order valence-electron chi connectivity index (χ4n) is 5.33. The molecule has 2 atom stereocenters. The summed E-state index contributed by atoms with van der Waals surface area (Å²) in [6.45, 7) is 2.06. The lowest BCUT2D eigenvalue weighted by Gasteiger charge is -2.43. The van der Waals surface area contributed by atoms with Gasteiger partial charge < -0.3 is 19.2 Å². The van der Waals surface area contributed by atoms with E-state index in [4.69, 9.17) is 4.42 Å². The van der Waals surface area contributed by atoms with Crippen LogP contribution in [0.4, 0.5) is 4.79 Å². The first-order valence-electron chi connectivity index (χ1n) is 10.5. The van der Waals surface area contributed by atoms with Gasteiger partial charge >= 0.3 is 6.03 Å². The van der Waals surface area contributed by atoms with Gasteiger partial charge in [0.2, 0.25) is 0 Å². The van der Waals surface area contributed by atoms with Crippen molar-refractivity contribution in [1.29, 1.82) is 0 Å². The fraction of sp³-hybridized carbons (Fsp3) is 0.545. The fourth-order valence-corrected chi connectivity index (χ4v) is 5.33. The van der Waals surface area contributed by atoms with Gasteiger partial charge in [-0.1, -0.05) is 19.3 Å². The summed E-state index contributed by atoms with van der Waals surface area (Å²) in [5.74, 6) is 1.28. The van der Waals surface area contributed by atoms with Crippen LogP contribution in [-0.4, -0.2) is 34.6 Å². The summed E-state index contributed by atoms with van der Waals surface area (Å²) in [7, 11) is 0. The molecule has 6 nitrogen and oxygen atoms in total. The van der Waals surface area contributed by atoms with E-state index >= 15 is 0 Å². The molecular formula is C22H27N3O3. The van der Waals surface area contributed by atoms with Crippen molar-refractivity contribution in [3.05, 3.63) is 46.6 Å². The number of amides is 2. The van der Waals surface area contributed by atoms with Crippen LogP contribution < -0.4 is 10.9 Å². The van der Waals surface area contributed by atoms with E-state index in [0.717, 1.165) is 42.8 Å². The number of pyridine rings is 1. The Hall–Kier alpha value is -2.50. The summed E-state index contributed by atoms with van der Waals surface area (Å²) in [4.78, 5) is 27.4. The number of urea groups is 1. The molecule has 0 unspecified atom stereocenters. The second kappa shape index (κ2) is 7.15. The van der Waals surface area contributed by atoms with Crippen molar-refractivity contribution < 1.29 is 9.21 Å². The van der Waals surface area contributed by atoms with E-state index in [2.05, 4.69) is 5.32 Å². The van der Waals surface area contributed by atoms with Gasteiger partial charge in [0.05, 0.1) is 6.26 Å². The average molecular weight is 381 g/mol. The zero-order valence-electron chi connectivity index (χ0n) is 16.1. The molecule has 2 bridgehead atoms. The summed E-state index contributed by atoms with van der Waals surface area (Å²) >= 11 is 0. The zero-order chi connectivity index (χ0) is 19.1. The number of hydrogen-bond donors (Lipinski definition) is 1. The quantitative estimate of drug-likeness (QED) is 0.865. The van der Waals surface area contributed by atoms with E-state index < -0.39 is 0 Å². The van der Waals surface area contributed by atoms with Gasteiger partial charge in [0.1, 0.15) is 5.76 Å². The second-order valence-electron chi connectivity index (χ2n) is 8.55. The Morgan fingerprint density at radius 1 is 1.07 bits per heavy atom. The monoisotopic (exact) mass is 381 g/mol. The minimum absolute atomic E-state index is 0.0418. The number of carbonyl (C=O) groups is 1. The minimum atomic E-state index is 0.0418. The smallest absolute Gasteiger partial charge is 0.317 e. The Morgan fingerprint density at radius 2 is 1.93 bits per heavy atom. The Morgan fingerprint density at radius 3 is 2.71 bits per heavy atom. The summed E-state index contributed by atoms with van der Waals surface area (Å²) in [6.07, 6.45) is 8.55. The van der Waals surface area contributed by atoms with E-state index in [9.17, 15) is 9.59 Å². The molecule has 2 aliphatic heterocycles. The van der Waals surface area contributed by atoms with Crippen LogP contribution in [0.25, 0.3) is 11.3 Å². The molecule has 1 aliphatic carbocycles. The number of aromatic nitrogens is 1. The molecule has 2 fully saturated rings. The highest BCUT2D eigenvalue weighted by Gasteiger charge is 2.38. The van der Waals surface area contributed by atoms with Crippen molar-refractivity contribution in [1.82, 2.24) is 14.8 Å². The number of piperidine rings is 1. The number of nitrogens with zero attached hydrogens (tertiary/aromatic N) is 2. The van der Waals surface area contributed by atoms with E-state index in [1.807, 2.05) is 27.7 Å². The third-order valence-corrected chi connectivity index (χ3v) is 6.60. The Kier molecular flexibility index (Phi) is 4.49. The Balaban J connectivity index is 1.42. The van der Waals surface area contributed by atoms with Gasteiger partial charge in [0, 0.05) is 48.9 Å². The first kappa shape index (κ1) is 17.6. The van der Waals surface area contributed by atoms with Crippen LogP contribution in [0.1, 0.15) is 50.1 Å². The number of rotatable bonds is 2. The number of fused-ring (bicyclic) bond motifs is 4. The summed E-state index contributed by atoms with van der Waals surface area (Å²) in [5, 5.41) is 3.26. The molecule has 1 saturated heterocycles. The Bertz CT molecular complexity index is 912. The van der Waals surface area contributed by atoms with Crippen molar-refractivity contribution in [3.8, 4) is 11.3 Å². The molecule has 2 aromatic rings. The topological polar surface area (TPSA) is 67.5 Å². The predicted molar refractivity (Wildman–Crippen MR) is 106 cm³/mol. The predicted octanol–water partition coefficient (Wildman–Crippen LogP) is 3.57. The van der Waals surface area contributed by atoms with Crippen LogP contribution in [0.3, 0.4) is 0 Å². The maximum atomic E-state index is 12.9. The number of carbonyl (C=O) groups excluding carboxylic acids is 1. The maximum absolute atomic E-state index is 12.9. The van der Waals surface area contributed by atoms with Gasteiger partial charge in [0.25, 0.3) is 5.56 Å². The molecule has 0 aromatic carbocycles. The number of furan rings is 1. The molecule has 6 heteroatoms. The highest BCUT2D eigenvalue weighted by Crippen LogP contribution is 2.40. The first-order valence-corrected chi connectivity index (χ1v) is 10.5. The third-order valence-electron chi connectivity index (χ3n) is 6.60. The molecule has 0 spiro atoms. The first-order chi connectivity index (χ1) is 13.7. The molecule has 2 aromatic heterocycles. The van der Waals surface area contributed by atoms with Crippen LogP contribution in [0.15, 0.2) is 39.7 Å². The lowest BCUT2D eigenvalue weighted by molar-refractivity contribution is 0.127. The number of hydrogen-bond acceptors (Lipinski definition) is 3. The largest absolute Gasteiger partial charge is 0.464 e. The standard InChI is InChI=1S/C22H27N3O3/c26-20-9-8-18(19-7-4-10-28-19)21-16-11-15(13-25(20)21)12-24(14-16)22(27)23-17-5-2-1-3-6-17/h4,7-10,15-17H,1-3,5-6,11-14H2,(H,23,27)/t15-,16+/m0/s1. The van der Waals surface area contributed by atoms with Gasteiger partial charge in [-0.25, -0.2) is 4.79 Å². The minimum Gasteiger partial charge on any atom is -0.464 e. The molecule has 3 aliphatic rings. The third kappa shape index (κ3) is 3.15. The molecule has 148 valence electrons. The summed E-state index contributed by atoms with van der Waals surface area (Å²) in [5.41, 5.74) is 2.04. The van der Waals surface area contributed by atoms with Gasteiger partial charge in [-0.2, -0.15) is 0 Å². The van der Waals surface area contributed by atoms with Crippen molar-refractivity contribution in [3.63, 3.8) is 0 Å². The van der Waals surface area contributed by atoms with Crippen molar-refractivity contribution in [2.24, 2.45) is 5.92 Å². The Labute approximate surface area is 164 Å². The molecule has 0 radical (unpaired) electrons. The lowest BCUT2D eigenvalue weighted by Crippen LogP contribution is -2.53. The van der Waals surface area contributed by atoms with E-state index in [-0.39, 0.29) is 17.5 Å². The van der Waals surface area contributed by atoms with Gasteiger partial charge in [-0.15, -0.1) is 0 Å². The van der Waals surface area contributed by atoms with Crippen LogP contribution in [0, 0.1) is 5.92 Å². The highest BCUT2D eigenvalue weighted by molar-refractivity contribution is 5.75. The van der Waals surface area contributed by atoms with Gasteiger partial charge in [-0.05, 0) is 43.4 Å². The maximum Gasteiger partial charge on any atom is 0.317 e. The van der Waals surface area contributed by atoms with Crippen LogP contribution in [0.5, 0.6) is 0 Å². The molecule has 5 rings (SSSR count). The van der Waals surface area contributed by atoms with Gasteiger partial charge in [0.15, 0.2) is 0 Å². The molecule has 28 heavy (non-hydrogen) atoms. The summed E-state index contributed by atoms with van der Waals surface area (Å²) in [6, 6.07) is 7.69. The van der Waals surface area contributed by atoms with Crippen molar-refractivity contribution >= 4 is 6.03 Å². The number of likely N-dealkylation sites (tertiary alicyclic amines) is 1. The molecule has 4 heterocycles. The van der Waals surface area contributed by atoms with E-state index in [0.29, 0.717) is 25.0 Å². The van der Waals surface area contributed by atoms with Crippen molar-refractivity contribution in [2.45, 2.75) is 57.0 Å². The second-order valence-corrected chi connectivity index (χ2v) is 8.55. The lowest BCUT2D eigenvalue weighted by atomic mass is 9.81. The van der Waals surface area contributed by atoms with Crippen LogP contribution in [0.2, 0.25) is 0 Å². The molecule has 2 amide bonds. The van der Waals surface area contributed by atoms with Crippen LogP contribution >= 0.6 is 0 Å². The summed E-state index contributed by atoms with van der Waals surface area (Å²) < 4.78 is 7.54.